The van der Waals surface area contributed by atoms with E-state index in [9.17, 15) is 4.79 Å². The predicted octanol–water partition coefficient (Wildman–Crippen LogP) is 1.88. The van der Waals surface area contributed by atoms with Crippen LogP contribution in [-0.4, -0.2) is 58.5 Å². The van der Waals surface area contributed by atoms with Crippen molar-refractivity contribution >= 4 is 17.4 Å². The van der Waals surface area contributed by atoms with Crippen LogP contribution in [0.4, 0.5) is 0 Å². The Kier molecular flexibility index (Phi) is 3.66. The van der Waals surface area contributed by atoms with Crippen molar-refractivity contribution in [2.75, 3.05) is 33.2 Å². The first-order valence-electron chi connectivity index (χ1n) is 7.99. The van der Waals surface area contributed by atoms with Crippen molar-refractivity contribution in [3.8, 4) is 0 Å². The van der Waals surface area contributed by atoms with Gasteiger partial charge in [0.1, 0.15) is 0 Å². The molecule has 2 saturated heterocycles. The molecule has 0 spiro atoms. The molecule has 4 rings (SSSR count). The monoisotopic (exact) mass is 328 g/mol. The fourth-order valence-electron chi connectivity index (χ4n) is 4.28. The Labute approximate surface area is 140 Å². The van der Waals surface area contributed by atoms with Crippen LogP contribution in [0.3, 0.4) is 0 Å². The van der Waals surface area contributed by atoms with Crippen molar-refractivity contribution in [2.24, 2.45) is 5.92 Å². The normalized spacial score (nSPS) is 27.9. The van der Waals surface area contributed by atoms with E-state index in [2.05, 4.69) is 51.9 Å². The second-order valence-electron chi connectivity index (χ2n) is 6.71. The van der Waals surface area contributed by atoms with Gasteiger partial charge in [0.15, 0.2) is 5.69 Å². The van der Waals surface area contributed by atoms with Crippen LogP contribution in [0.15, 0.2) is 35.7 Å². The summed E-state index contributed by atoms with van der Waals surface area (Å²) in [5.41, 5.74) is 2.07. The number of benzene rings is 1. The Bertz CT molecular complexity index is 690. The lowest BCUT2D eigenvalue weighted by atomic mass is 9.68. The molecule has 2 aliphatic rings. The summed E-state index contributed by atoms with van der Waals surface area (Å²) in [5.74, 6) is 0.495. The van der Waals surface area contributed by atoms with E-state index in [0.29, 0.717) is 11.6 Å². The molecule has 0 N–H and O–H groups in total. The topological polar surface area (TPSA) is 49.3 Å². The highest BCUT2D eigenvalue weighted by Gasteiger charge is 2.50. The summed E-state index contributed by atoms with van der Waals surface area (Å²) < 4.78 is 3.81. The summed E-state index contributed by atoms with van der Waals surface area (Å²) in [5, 5.41) is 5.67. The second-order valence-corrected chi connectivity index (χ2v) is 7.32. The fourth-order valence-corrected chi connectivity index (χ4v) is 4.71. The van der Waals surface area contributed by atoms with Gasteiger partial charge in [-0.15, -0.1) is 5.10 Å². The van der Waals surface area contributed by atoms with Gasteiger partial charge in [0.25, 0.3) is 5.91 Å². The molecular formula is C17H20N4OS. The van der Waals surface area contributed by atoms with E-state index in [1.165, 1.54) is 17.1 Å². The van der Waals surface area contributed by atoms with Gasteiger partial charge in [-0.1, -0.05) is 34.8 Å². The van der Waals surface area contributed by atoms with Gasteiger partial charge in [-0.25, -0.2) is 0 Å². The molecule has 2 aliphatic heterocycles. The van der Waals surface area contributed by atoms with Crippen LogP contribution in [0.2, 0.25) is 0 Å². The van der Waals surface area contributed by atoms with E-state index >= 15 is 0 Å². The van der Waals surface area contributed by atoms with E-state index in [1.54, 1.807) is 5.38 Å². The Morgan fingerprint density at radius 1 is 1.30 bits per heavy atom. The maximum absolute atomic E-state index is 12.6. The Hall–Kier alpha value is -1.79. The van der Waals surface area contributed by atoms with Gasteiger partial charge in [-0.2, -0.15) is 0 Å². The maximum atomic E-state index is 12.6. The third kappa shape index (κ3) is 2.46. The minimum atomic E-state index is 0.0231. The molecule has 5 nitrogen and oxygen atoms in total. The van der Waals surface area contributed by atoms with Crippen molar-refractivity contribution in [1.82, 2.24) is 19.4 Å². The number of likely N-dealkylation sites (N-methyl/N-ethyl adjacent to an activating group) is 1. The zero-order valence-corrected chi connectivity index (χ0v) is 14.0. The zero-order chi connectivity index (χ0) is 15.9. The van der Waals surface area contributed by atoms with Gasteiger partial charge < -0.3 is 9.80 Å². The number of amides is 1. The number of aromatic nitrogens is 2. The van der Waals surface area contributed by atoms with Crippen LogP contribution in [0.5, 0.6) is 0 Å². The number of fused-ring (bicyclic) bond motifs is 1. The number of carbonyl (C=O) groups is 1. The molecule has 23 heavy (non-hydrogen) atoms. The molecule has 0 radical (unpaired) electrons. The summed E-state index contributed by atoms with van der Waals surface area (Å²) >= 11 is 1.23. The number of hydrogen-bond donors (Lipinski definition) is 0. The fraction of sp³-hybridized carbons (Fsp3) is 0.471. The predicted molar refractivity (Wildman–Crippen MR) is 89.5 cm³/mol. The Balaban J connectivity index is 1.61. The highest BCUT2D eigenvalue weighted by molar-refractivity contribution is 7.03. The van der Waals surface area contributed by atoms with Crippen molar-refractivity contribution in [1.29, 1.82) is 0 Å². The van der Waals surface area contributed by atoms with E-state index in [0.717, 1.165) is 32.6 Å². The molecular weight excluding hydrogens is 308 g/mol. The first-order valence-corrected chi connectivity index (χ1v) is 8.83. The lowest BCUT2D eigenvalue weighted by Crippen LogP contribution is -2.51. The maximum Gasteiger partial charge on any atom is 0.275 e. The summed E-state index contributed by atoms with van der Waals surface area (Å²) in [6, 6.07) is 10.8. The Morgan fingerprint density at radius 2 is 2.13 bits per heavy atom. The molecule has 6 heteroatoms. The number of hydrogen-bond acceptors (Lipinski definition) is 5. The van der Waals surface area contributed by atoms with Crippen LogP contribution < -0.4 is 0 Å². The molecule has 1 amide bonds. The summed E-state index contributed by atoms with van der Waals surface area (Å²) in [6.07, 6.45) is 1.01. The SMILES string of the molecule is CN1CC2CN(C(=O)c3csnn3)CCC2(c2ccccc2)C1. The first kappa shape index (κ1) is 14.8. The zero-order valence-electron chi connectivity index (χ0n) is 13.2. The minimum Gasteiger partial charge on any atom is -0.337 e. The highest BCUT2D eigenvalue weighted by Crippen LogP contribution is 2.44. The minimum absolute atomic E-state index is 0.0231. The Morgan fingerprint density at radius 3 is 2.87 bits per heavy atom. The molecule has 120 valence electrons. The number of likely N-dealkylation sites (tertiary alicyclic amines) is 2. The average Bonchev–Trinajstić information content (AvgIpc) is 3.21. The number of piperidine rings is 1. The third-order valence-corrected chi connectivity index (χ3v) is 5.85. The highest BCUT2D eigenvalue weighted by atomic mass is 32.1. The van der Waals surface area contributed by atoms with Gasteiger partial charge in [0, 0.05) is 42.9 Å². The van der Waals surface area contributed by atoms with Crippen LogP contribution in [0.25, 0.3) is 0 Å². The van der Waals surface area contributed by atoms with E-state index in [-0.39, 0.29) is 11.3 Å². The smallest absolute Gasteiger partial charge is 0.275 e. The third-order valence-electron chi connectivity index (χ3n) is 5.35. The van der Waals surface area contributed by atoms with Crippen molar-refractivity contribution in [2.45, 2.75) is 11.8 Å². The van der Waals surface area contributed by atoms with Crippen LogP contribution in [0.1, 0.15) is 22.5 Å². The molecule has 0 bridgehead atoms. The molecule has 0 aliphatic carbocycles. The van der Waals surface area contributed by atoms with Crippen LogP contribution in [0, 0.1) is 5.92 Å². The van der Waals surface area contributed by atoms with Crippen molar-refractivity contribution < 1.29 is 4.79 Å². The molecule has 1 aromatic carbocycles. The molecule has 3 heterocycles. The van der Waals surface area contributed by atoms with Gasteiger partial charge in [-0.05, 0) is 30.6 Å². The summed E-state index contributed by atoms with van der Waals surface area (Å²) in [6.45, 7) is 3.70. The second kappa shape index (κ2) is 5.69. The van der Waals surface area contributed by atoms with Gasteiger partial charge in [0.2, 0.25) is 0 Å². The quantitative estimate of drug-likeness (QED) is 0.845. The molecule has 2 unspecified atom stereocenters. The summed E-state index contributed by atoms with van der Waals surface area (Å²) in [7, 11) is 2.18. The first-order chi connectivity index (χ1) is 11.2. The average molecular weight is 328 g/mol. The van der Waals surface area contributed by atoms with Crippen molar-refractivity contribution in [3.63, 3.8) is 0 Å². The number of carbonyl (C=O) groups excluding carboxylic acids is 1. The summed E-state index contributed by atoms with van der Waals surface area (Å²) in [4.78, 5) is 16.9. The van der Waals surface area contributed by atoms with E-state index in [4.69, 9.17) is 0 Å². The van der Waals surface area contributed by atoms with E-state index in [1.807, 2.05) is 4.90 Å². The molecule has 2 aromatic rings. The van der Waals surface area contributed by atoms with Crippen molar-refractivity contribution in [3.05, 3.63) is 47.0 Å². The van der Waals surface area contributed by atoms with Gasteiger partial charge in [0.05, 0.1) is 0 Å². The lowest BCUT2D eigenvalue weighted by Gasteiger charge is -2.44. The van der Waals surface area contributed by atoms with Gasteiger partial charge >= 0.3 is 0 Å². The number of rotatable bonds is 2. The molecule has 1 aromatic heterocycles. The molecule has 0 saturated carbocycles. The van der Waals surface area contributed by atoms with E-state index < -0.39 is 0 Å². The molecule has 2 fully saturated rings. The lowest BCUT2D eigenvalue weighted by molar-refractivity contribution is 0.0597. The standard InChI is InChI=1S/C17H20N4OS/c1-20-9-14-10-21(16(22)15-11-23-19-18-15)8-7-17(14,12-20)13-5-3-2-4-6-13/h2-6,11,14H,7-10,12H2,1H3. The largest absolute Gasteiger partial charge is 0.337 e. The van der Waals surface area contributed by atoms with Crippen LogP contribution in [-0.2, 0) is 5.41 Å². The van der Waals surface area contributed by atoms with Crippen LogP contribution >= 0.6 is 11.5 Å². The van der Waals surface area contributed by atoms with Gasteiger partial charge in [-0.3, -0.25) is 4.79 Å². The molecule has 2 atom stereocenters. The number of nitrogens with zero attached hydrogens (tertiary/aromatic N) is 4.